The molecule has 2 saturated heterocycles. The number of hydrogen-bond donors (Lipinski definition) is 5. The minimum atomic E-state index is -4.14. The number of rotatable bonds is 11. The number of aromatic amines is 2. The van der Waals surface area contributed by atoms with E-state index in [0.29, 0.717) is 0 Å². The summed E-state index contributed by atoms with van der Waals surface area (Å²) in [5.74, 6) is 0. The summed E-state index contributed by atoms with van der Waals surface area (Å²) in [7, 11) is -4.14. The number of H-pyrrole nitrogens is 2. The molecule has 4 rings (SSSR count). The summed E-state index contributed by atoms with van der Waals surface area (Å²) in [6, 6.07) is -0.811. The van der Waals surface area contributed by atoms with Gasteiger partial charge in [0.1, 0.15) is 18.6 Å². The molecule has 0 aliphatic carbocycles. The molecule has 2 aromatic rings. The molecule has 2 aliphatic heterocycles. The molecule has 0 radical (unpaired) electrons. The van der Waals surface area contributed by atoms with E-state index >= 15 is 0 Å². The van der Waals surface area contributed by atoms with Crippen LogP contribution in [0.1, 0.15) is 36.4 Å². The van der Waals surface area contributed by atoms with Gasteiger partial charge in [-0.05, 0) is 13.8 Å². The fourth-order valence-electron chi connectivity index (χ4n) is 4.48. The van der Waals surface area contributed by atoms with E-state index in [-0.39, 0.29) is 30.6 Å². The monoisotopic (exact) mass is 585 g/mol. The molecular formula is C23H32N5O11P. The van der Waals surface area contributed by atoms with Crippen molar-refractivity contribution in [2.24, 2.45) is 0 Å². The molecule has 0 bridgehead atoms. The van der Waals surface area contributed by atoms with Gasteiger partial charge >= 0.3 is 19.1 Å². The van der Waals surface area contributed by atoms with Crippen LogP contribution in [-0.4, -0.2) is 73.5 Å². The van der Waals surface area contributed by atoms with Crippen LogP contribution in [0.3, 0.4) is 0 Å². The summed E-state index contributed by atoms with van der Waals surface area (Å²) in [5.41, 5.74) is -1.94. The number of nitrogens with zero attached hydrogens (tertiary/aromatic N) is 2. The van der Waals surface area contributed by atoms with Crippen LogP contribution in [0.15, 0.2) is 44.2 Å². The van der Waals surface area contributed by atoms with Crippen molar-refractivity contribution in [1.29, 1.82) is 0 Å². The first-order chi connectivity index (χ1) is 18.9. The van der Waals surface area contributed by atoms with Gasteiger partial charge in [-0.1, -0.05) is 6.08 Å². The lowest BCUT2D eigenvalue weighted by Gasteiger charge is -2.26. The fraction of sp³-hybridized carbons (Fsp3) is 0.565. The van der Waals surface area contributed by atoms with Gasteiger partial charge in [0.25, 0.3) is 11.1 Å². The van der Waals surface area contributed by atoms with Gasteiger partial charge < -0.3 is 19.7 Å². The van der Waals surface area contributed by atoms with Crippen LogP contribution < -0.4 is 27.6 Å². The van der Waals surface area contributed by atoms with Crippen LogP contribution >= 0.6 is 7.75 Å². The molecule has 2 aliphatic rings. The van der Waals surface area contributed by atoms with E-state index in [4.69, 9.17) is 18.5 Å². The second kappa shape index (κ2) is 12.3. The zero-order valence-electron chi connectivity index (χ0n) is 21.8. The lowest BCUT2D eigenvalue weighted by molar-refractivity contribution is -0.0443. The van der Waals surface area contributed by atoms with Crippen molar-refractivity contribution in [3.63, 3.8) is 0 Å². The third-order valence-electron chi connectivity index (χ3n) is 6.63. The van der Waals surface area contributed by atoms with Crippen molar-refractivity contribution >= 4 is 7.75 Å². The highest BCUT2D eigenvalue weighted by atomic mass is 31.2. The predicted octanol–water partition coefficient (Wildman–Crippen LogP) is -1.08. The second-order valence-electron chi connectivity index (χ2n) is 9.55. The van der Waals surface area contributed by atoms with Gasteiger partial charge in [-0.15, -0.1) is 6.58 Å². The molecule has 2 fully saturated rings. The summed E-state index contributed by atoms with van der Waals surface area (Å²) in [5, 5.41) is 23.1. The van der Waals surface area contributed by atoms with Gasteiger partial charge in [-0.2, -0.15) is 0 Å². The lowest BCUT2D eigenvalue weighted by atomic mass is 10.1. The third kappa shape index (κ3) is 6.50. The Labute approximate surface area is 226 Å². The minimum Gasteiger partial charge on any atom is -0.394 e. The highest BCUT2D eigenvalue weighted by molar-refractivity contribution is 7.51. The van der Waals surface area contributed by atoms with Crippen LogP contribution in [0.25, 0.3) is 0 Å². The quantitative estimate of drug-likeness (QED) is 0.157. The summed E-state index contributed by atoms with van der Waals surface area (Å²) in [6.45, 7) is 5.50. The molecule has 0 aromatic carbocycles. The summed E-state index contributed by atoms with van der Waals surface area (Å²) in [4.78, 5) is 52.3. The Morgan fingerprint density at radius 3 is 2.12 bits per heavy atom. The maximum absolute atomic E-state index is 13.7. The normalized spacial score (nSPS) is 28.0. The van der Waals surface area contributed by atoms with E-state index in [0.717, 1.165) is 4.57 Å². The molecule has 7 atom stereocenters. The number of hydrogen-bond acceptors (Lipinski definition) is 11. The SMILES string of the molecule is C=CCOP(=O)(N[C@H]1C[C@H](n2cc(C)c(=O)[nH]c2=O)O[C@@H]1CO)OC[C@H]1O[C@@H](n2cc(C)c(=O)[nH]c2=O)C[C@@H]1O. The maximum atomic E-state index is 13.7. The molecule has 5 N–H and O–H groups in total. The smallest absolute Gasteiger partial charge is 0.394 e. The van der Waals surface area contributed by atoms with E-state index in [1.54, 1.807) is 0 Å². The second-order valence-corrected chi connectivity index (χ2v) is 11.3. The molecule has 2 aromatic heterocycles. The molecule has 0 amide bonds. The third-order valence-corrected chi connectivity index (χ3v) is 8.25. The number of nitrogens with one attached hydrogen (secondary N) is 3. The lowest BCUT2D eigenvalue weighted by Crippen LogP contribution is -2.38. The minimum absolute atomic E-state index is 0.00271. The van der Waals surface area contributed by atoms with E-state index in [9.17, 15) is 34.0 Å². The first kappa shape index (κ1) is 30.0. The number of aliphatic hydroxyl groups is 2. The fourth-order valence-corrected chi connectivity index (χ4v) is 6.03. The van der Waals surface area contributed by atoms with E-state index in [2.05, 4.69) is 21.6 Å². The van der Waals surface area contributed by atoms with Crippen molar-refractivity contribution in [3.8, 4) is 0 Å². The van der Waals surface area contributed by atoms with Gasteiger partial charge in [0.15, 0.2) is 0 Å². The largest absolute Gasteiger partial charge is 0.406 e. The predicted molar refractivity (Wildman–Crippen MR) is 139 cm³/mol. The van der Waals surface area contributed by atoms with Gasteiger partial charge in [0.2, 0.25) is 0 Å². The molecule has 17 heteroatoms. The Balaban J connectivity index is 1.47. The van der Waals surface area contributed by atoms with Gasteiger partial charge in [0, 0.05) is 36.4 Å². The Kier molecular flexibility index (Phi) is 9.22. The summed E-state index contributed by atoms with van der Waals surface area (Å²) < 4.78 is 38.5. The number of aromatic nitrogens is 4. The highest BCUT2D eigenvalue weighted by Gasteiger charge is 2.43. The van der Waals surface area contributed by atoms with Crippen LogP contribution in [0.2, 0.25) is 0 Å². The number of ether oxygens (including phenoxy) is 2. The van der Waals surface area contributed by atoms with Crippen molar-refractivity contribution in [1.82, 2.24) is 24.2 Å². The Morgan fingerprint density at radius 1 is 1.02 bits per heavy atom. The molecule has 220 valence electrons. The highest BCUT2D eigenvalue weighted by Crippen LogP contribution is 2.47. The summed E-state index contributed by atoms with van der Waals surface area (Å²) >= 11 is 0. The maximum Gasteiger partial charge on any atom is 0.406 e. The average molecular weight is 586 g/mol. The molecule has 16 nitrogen and oxygen atoms in total. The van der Waals surface area contributed by atoms with E-state index < -0.39 is 80.3 Å². The Bertz CT molecular complexity index is 1510. The van der Waals surface area contributed by atoms with Crippen LogP contribution in [0.5, 0.6) is 0 Å². The molecule has 1 unspecified atom stereocenters. The molecule has 40 heavy (non-hydrogen) atoms. The van der Waals surface area contributed by atoms with Crippen LogP contribution in [-0.2, 0) is 23.1 Å². The van der Waals surface area contributed by atoms with Crippen molar-refractivity contribution < 1.29 is 33.3 Å². The molecule has 0 spiro atoms. The Hall–Kier alpha value is -2.95. The van der Waals surface area contributed by atoms with Crippen LogP contribution in [0, 0.1) is 13.8 Å². The van der Waals surface area contributed by atoms with Gasteiger partial charge in [0.05, 0.1) is 38.1 Å². The van der Waals surface area contributed by atoms with Crippen molar-refractivity contribution in [2.75, 3.05) is 19.8 Å². The molecule has 4 heterocycles. The van der Waals surface area contributed by atoms with Crippen molar-refractivity contribution in [3.05, 3.63) is 77.9 Å². The van der Waals surface area contributed by atoms with Gasteiger partial charge in [-0.25, -0.2) is 19.2 Å². The first-order valence-electron chi connectivity index (χ1n) is 12.5. The van der Waals surface area contributed by atoms with Crippen molar-refractivity contribution in [2.45, 2.75) is 63.5 Å². The zero-order chi connectivity index (χ0) is 29.2. The average Bonchev–Trinajstić information content (AvgIpc) is 3.48. The zero-order valence-corrected chi connectivity index (χ0v) is 22.7. The van der Waals surface area contributed by atoms with Gasteiger partial charge in [-0.3, -0.25) is 37.7 Å². The molecule has 0 saturated carbocycles. The Morgan fingerprint density at radius 2 is 1.57 bits per heavy atom. The summed E-state index contributed by atoms with van der Waals surface area (Å²) in [6.07, 6.45) is -0.767. The standard InChI is InChI=1S/C23H32N5O11P/c1-4-5-36-40(35,26-14-6-18(38-16(14)10-29)27-8-12(2)20(31)24-22(27)33)37-11-17-15(30)7-19(39-17)28-9-13(3)21(32)25-23(28)34/h4,8-9,14-19,29-30H,1,5-7,10-11H2,2-3H3,(H,26,35)(H,24,31,33)(H,25,32,34)/t14-,15-,16+,17+,18+,19+,40?/m0/s1. The van der Waals surface area contributed by atoms with E-state index in [1.165, 1.54) is 36.9 Å². The number of aliphatic hydroxyl groups excluding tert-OH is 2. The van der Waals surface area contributed by atoms with E-state index in [1.807, 2.05) is 0 Å². The molecular weight excluding hydrogens is 553 g/mol. The topological polar surface area (TPSA) is 216 Å². The first-order valence-corrected chi connectivity index (χ1v) is 14.0. The number of aryl methyl sites for hydroxylation is 2. The van der Waals surface area contributed by atoms with Crippen LogP contribution in [0.4, 0.5) is 0 Å².